The summed E-state index contributed by atoms with van der Waals surface area (Å²) in [7, 11) is 0. The Morgan fingerprint density at radius 2 is 1.92 bits per heavy atom. The average molecular weight is 540 g/mol. The monoisotopic (exact) mass is 539 g/mol. The molecular weight excluding hydrogens is 516 g/mol. The average Bonchev–Trinajstić information content (AvgIpc) is 3.45. The fourth-order valence-corrected chi connectivity index (χ4v) is 4.80. The van der Waals surface area contributed by atoms with Crippen molar-refractivity contribution >= 4 is 34.2 Å². The van der Waals surface area contributed by atoms with E-state index in [9.17, 15) is 23.5 Å². The van der Waals surface area contributed by atoms with Crippen LogP contribution in [-0.2, 0) is 15.8 Å². The molecule has 0 aliphatic carbocycles. The van der Waals surface area contributed by atoms with E-state index in [1.807, 2.05) is 0 Å². The number of ether oxygens (including phenoxy) is 1. The Hall–Kier alpha value is -3.82. The van der Waals surface area contributed by atoms with Crippen molar-refractivity contribution in [1.82, 2.24) is 9.97 Å². The number of ketones is 1. The molecule has 1 amide bonds. The summed E-state index contributed by atoms with van der Waals surface area (Å²) in [5.41, 5.74) is 4.95. The van der Waals surface area contributed by atoms with Crippen molar-refractivity contribution in [3.63, 3.8) is 0 Å². The Bertz CT molecular complexity index is 1600. The van der Waals surface area contributed by atoms with Crippen LogP contribution in [0.1, 0.15) is 48.4 Å². The van der Waals surface area contributed by atoms with Crippen LogP contribution in [0.4, 0.5) is 8.78 Å². The lowest BCUT2D eigenvalue weighted by Gasteiger charge is -2.25. The van der Waals surface area contributed by atoms with Crippen LogP contribution >= 0.6 is 11.6 Å². The summed E-state index contributed by atoms with van der Waals surface area (Å²) in [4.78, 5) is 32.8. The second-order valence-electron chi connectivity index (χ2n) is 9.95. The zero-order chi connectivity index (χ0) is 27.4. The minimum atomic E-state index is -1.61. The molecular formula is C28H24ClF2N3O4. The third kappa shape index (κ3) is 4.41. The maximum Gasteiger partial charge on any atom is 0.231 e. The van der Waals surface area contributed by atoms with Crippen molar-refractivity contribution in [1.29, 1.82) is 0 Å². The second kappa shape index (κ2) is 9.18. The zero-order valence-electron chi connectivity index (χ0n) is 20.6. The van der Waals surface area contributed by atoms with Crippen LogP contribution < -0.4 is 10.5 Å². The number of fused-ring (bicyclic) bond motifs is 2. The van der Waals surface area contributed by atoms with Crippen molar-refractivity contribution in [2.45, 2.75) is 37.7 Å². The van der Waals surface area contributed by atoms with Gasteiger partial charge in [-0.25, -0.2) is 13.8 Å². The van der Waals surface area contributed by atoms with E-state index in [4.69, 9.17) is 22.1 Å². The number of aromatic nitrogens is 2. The molecule has 0 spiro atoms. The van der Waals surface area contributed by atoms with Gasteiger partial charge in [0.1, 0.15) is 40.7 Å². The van der Waals surface area contributed by atoms with Gasteiger partial charge in [-0.05, 0) is 68.8 Å². The number of carbonyl (C=O) groups is 2. The lowest BCUT2D eigenvalue weighted by Crippen LogP contribution is -2.40. The first-order valence-corrected chi connectivity index (χ1v) is 12.2. The molecule has 2 atom stereocenters. The van der Waals surface area contributed by atoms with E-state index in [1.165, 1.54) is 49.4 Å². The fraction of sp³-hybridized carbons (Fsp3) is 0.250. The van der Waals surface area contributed by atoms with E-state index in [2.05, 4.69) is 9.97 Å². The number of hydrogen-bond acceptors (Lipinski definition) is 5. The largest absolute Gasteiger partial charge is 0.489 e. The van der Waals surface area contributed by atoms with Gasteiger partial charge < -0.3 is 20.6 Å². The molecule has 2 aromatic carbocycles. The highest BCUT2D eigenvalue weighted by molar-refractivity contribution is 6.31. The molecule has 5 rings (SSSR count). The standard InChI is InChI=1S/C28H24ClF2N3O4/c1-27(26(32)36)13-38-25-18(27)12-23(34-24(25)14-3-5-16(30)6-4-14)28(2,37)8-7-22(35)21-11-17-19(31)9-15(29)10-20(17)33-21/h3-6,9-12,33,37H,7-8,13H2,1-2H3,(H2,32,36)/t27-,28-/m0/s1. The molecule has 0 unspecified atom stereocenters. The minimum absolute atomic E-state index is 0.0153. The van der Waals surface area contributed by atoms with Gasteiger partial charge in [-0.1, -0.05) is 11.6 Å². The van der Waals surface area contributed by atoms with Crippen LogP contribution in [0.5, 0.6) is 5.75 Å². The molecule has 0 bridgehead atoms. The van der Waals surface area contributed by atoms with E-state index in [-0.39, 0.29) is 47.0 Å². The van der Waals surface area contributed by atoms with E-state index < -0.39 is 28.6 Å². The number of halogens is 3. The summed E-state index contributed by atoms with van der Waals surface area (Å²) >= 11 is 5.90. The number of rotatable bonds is 7. The molecule has 0 fully saturated rings. The number of carbonyl (C=O) groups excluding carboxylic acids is 2. The van der Waals surface area contributed by atoms with Gasteiger partial charge in [0.05, 0.1) is 16.9 Å². The molecule has 38 heavy (non-hydrogen) atoms. The van der Waals surface area contributed by atoms with Gasteiger partial charge in [0, 0.05) is 28.0 Å². The smallest absolute Gasteiger partial charge is 0.231 e. The van der Waals surface area contributed by atoms with Crippen molar-refractivity contribution in [2.75, 3.05) is 6.61 Å². The third-order valence-corrected chi connectivity index (χ3v) is 7.30. The number of benzene rings is 2. The van der Waals surface area contributed by atoms with Crippen LogP contribution in [-0.4, -0.2) is 33.4 Å². The van der Waals surface area contributed by atoms with Crippen molar-refractivity contribution in [3.8, 4) is 17.0 Å². The van der Waals surface area contributed by atoms with E-state index >= 15 is 0 Å². The highest BCUT2D eigenvalue weighted by Crippen LogP contribution is 2.46. The highest BCUT2D eigenvalue weighted by Gasteiger charge is 2.45. The third-order valence-electron chi connectivity index (χ3n) is 7.08. The predicted octanol–water partition coefficient (Wildman–Crippen LogP) is 5.17. The van der Waals surface area contributed by atoms with Gasteiger partial charge in [0.15, 0.2) is 5.78 Å². The van der Waals surface area contributed by atoms with Crippen LogP contribution in [0, 0.1) is 11.6 Å². The number of primary amides is 1. The number of nitrogens with two attached hydrogens (primary N) is 1. The first-order chi connectivity index (χ1) is 17.9. The van der Waals surface area contributed by atoms with Crippen LogP contribution in [0.2, 0.25) is 5.02 Å². The van der Waals surface area contributed by atoms with Crippen molar-refractivity contribution in [2.24, 2.45) is 5.73 Å². The number of pyridine rings is 1. The number of hydrogen-bond donors (Lipinski definition) is 3. The molecule has 10 heteroatoms. The highest BCUT2D eigenvalue weighted by atomic mass is 35.5. The fourth-order valence-electron chi connectivity index (χ4n) is 4.60. The summed E-state index contributed by atoms with van der Waals surface area (Å²) in [5, 5.41) is 11.9. The van der Waals surface area contributed by atoms with Crippen LogP contribution in [0.15, 0.2) is 48.5 Å². The number of H-pyrrole nitrogens is 1. The van der Waals surface area contributed by atoms with Gasteiger partial charge in [0.25, 0.3) is 0 Å². The number of Topliss-reactive ketones (excluding diaryl/α,β-unsaturated/α-hetero) is 1. The van der Waals surface area contributed by atoms with Crippen LogP contribution in [0.3, 0.4) is 0 Å². The molecule has 0 saturated carbocycles. The molecule has 196 valence electrons. The van der Waals surface area contributed by atoms with E-state index in [1.54, 1.807) is 13.0 Å². The quantitative estimate of drug-likeness (QED) is 0.280. The molecule has 3 heterocycles. The topological polar surface area (TPSA) is 118 Å². The number of nitrogens with one attached hydrogen (secondary N) is 1. The Balaban J connectivity index is 1.49. The van der Waals surface area contributed by atoms with Gasteiger partial charge in [-0.3, -0.25) is 9.59 Å². The molecule has 4 N–H and O–H groups in total. The lowest BCUT2D eigenvalue weighted by molar-refractivity contribution is -0.123. The van der Waals surface area contributed by atoms with Gasteiger partial charge in [-0.2, -0.15) is 0 Å². The molecule has 4 aromatic rings. The first kappa shape index (κ1) is 25.8. The van der Waals surface area contributed by atoms with Crippen LogP contribution in [0.25, 0.3) is 22.2 Å². The lowest BCUT2D eigenvalue weighted by atomic mass is 9.81. The Kier molecular flexibility index (Phi) is 6.24. The van der Waals surface area contributed by atoms with Gasteiger partial charge in [-0.15, -0.1) is 0 Å². The van der Waals surface area contributed by atoms with Crippen molar-refractivity contribution < 1.29 is 28.2 Å². The first-order valence-electron chi connectivity index (χ1n) is 11.9. The Labute approximate surface area is 221 Å². The van der Waals surface area contributed by atoms with Gasteiger partial charge >= 0.3 is 0 Å². The number of aromatic amines is 1. The number of nitrogens with zero attached hydrogens (tertiary/aromatic N) is 1. The molecule has 7 nitrogen and oxygen atoms in total. The summed E-state index contributed by atoms with van der Waals surface area (Å²) in [6.07, 6.45) is -0.128. The normalized spacial score (nSPS) is 18.2. The molecule has 0 radical (unpaired) electrons. The predicted molar refractivity (Wildman–Crippen MR) is 138 cm³/mol. The van der Waals surface area contributed by atoms with Crippen molar-refractivity contribution in [3.05, 3.63) is 82.1 Å². The summed E-state index contributed by atoms with van der Waals surface area (Å²) < 4.78 is 33.6. The summed E-state index contributed by atoms with van der Waals surface area (Å²) in [6.45, 7) is 3.13. The second-order valence-corrected chi connectivity index (χ2v) is 10.4. The molecule has 1 aliphatic rings. The number of amides is 1. The molecule has 0 saturated heterocycles. The maximum absolute atomic E-state index is 14.2. The van der Waals surface area contributed by atoms with E-state index in [0.29, 0.717) is 28.1 Å². The summed E-state index contributed by atoms with van der Waals surface area (Å²) in [5.74, 6) is -1.62. The van der Waals surface area contributed by atoms with E-state index in [0.717, 1.165) is 0 Å². The van der Waals surface area contributed by atoms with Gasteiger partial charge in [0.2, 0.25) is 5.91 Å². The number of aliphatic hydroxyl groups is 1. The summed E-state index contributed by atoms with van der Waals surface area (Å²) in [6, 6.07) is 11.2. The Morgan fingerprint density at radius 3 is 2.61 bits per heavy atom. The molecule has 1 aliphatic heterocycles. The minimum Gasteiger partial charge on any atom is -0.489 e. The maximum atomic E-state index is 14.2. The Morgan fingerprint density at radius 1 is 1.21 bits per heavy atom. The zero-order valence-corrected chi connectivity index (χ0v) is 21.3. The SMILES string of the molecule is C[C@](O)(CCC(=O)c1cc2c(F)cc(Cl)cc2[nH]1)c1cc2c(c(-c3ccc(F)cc3)n1)OC[C@]2(C)C(N)=O. The molecule has 2 aromatic heterocycles.